The molecule has 36 heavy (non-hydrogen) atoms. The lowest BCUT2D eigenvalue weighted by molar-refractivity contribution is -0.116. The molecular weight excluding hydrogens is 477 g/mol. The predicted octanol–water partition coefficient (Wildman–Crippen LogP) is 4.41. The number of fused-ring (bicyclic) bond motifs is 1. The Bertz CT molecular complexity index is 1390. The quantitative estimate of drug-likeness (QED) is 0.380. The molecule has 1 N–H and O–H groups in total. The molecule has 3 aromatic carbocycles. The summed E-state index contributed by atoms with van der Waals surface area (Å²) in [5, 5.41) is 11.9. The number of amides is 2. The fourth-order valence-electron chi connectivity index (χ4n) is 4.23. The number of hydrogen-bond donors (Lipinski definition) is 1. The fraction of sp³-hybridized carbons (Fsp3) is 0.185. The number of rotatable bonds is 7. The van der Waals surface area contributed by atoms with Gasteiger partial charge in [0, 0.05) is 23.5 Å². The molecule has 2 heterocycles. The molecule has 1 aliphatic heterocycles. The van der Waals surface area contributed by atoms with Gasteiger partial charge in [0.15, 0.2) is 11.0 Å². The van der Waals surface area contributed by atoms with Crippen LogP contribution < -0.4 is 10.2 Å². The normalized spacial score (nSPS) is 12.8. The first-order chi connectivity index (χ1) is 17.6. The Morgan fingerprint density at radius 3 is 2.61 bits per heavy atom. The second-order valence-corrected chi connectivity index (χ2v) is 9.27. The van der Waals surface area contributed by atoms with E-state index in [2.05, 4.69) is 21.6 Å². The number of carbonyl (C=O) groups excluding carboxylic acids is 2. The lowest BCUT2D eigenvalue weighted by atomic mass is 10.0. The molecule has 0 saturated carbocycles. The third-order valence-electron chi connectivity index (χ3n) is 5.94. The minimum Gasteiger partial charge on any atom is -0.345 e. The number of hydrogen-bond acceptors (Lipinski definition) is 5. The molecule has 0 fully saturated rings. The lowest BCUT2D eigenvalue weighted by Gasteiger charge is -2.29. The number of anilines is 1. The van der Waals surface area contributed by atoms with Gasteiger partial charge in [0.1, 0.15) is 5.82 Å². The summed E-state index contributed by atoms with van der Waals surface area (Å²) in [6.45, 7) is 0.782. The van der Waals surface area contributed by atoms with Gasteiger partial charge in [-0.25, -0.2) is 4.39 Å². The maximum Gasteiger partial charge on any atom is 0.251 e. The van der Waals surface area contributed by atoms with Crippen molar-refractivity contribution in [3.05, 3.63) is 102 Å². The van der Waals surface area contributed by atoms with Gasteiger partial charge in [-0.2, -0.15) is 0 Å². The summed E-state index contributed by atoms with van der Waals surface area (Å²) in [4.78, 5) is 27.5. The molecule has 0 saturated heterocycles. The molecule has 182 valence electrons. The van der Waals surface area contributed by atoms with E-state index >= 15 is 0 Å². The van der Waals surface area contributed by atoms with Crippen LogP contribution in [0.2, 0.25) is 0 Å². The van der Waals surface area contributed by atoms with Crippen LogP contribution in [-0.2, 0) is 17.8 Å². The van der Waals surface area contributed by atoms with Gasteiger partial charge < -0.3 is 10.2 Å². The number of benzene rings is 3. The SMILES string of the molecule is O=C(NCc1nnc(SCC(=O)N2CCCc3ccccc32)n1-c1ccccc1)c1cccc(F)c1. The third-order valence-corrected chi connectivity index (χ3v) is 6.86. The highest BCUT2D eigenvalue weighted by Crippen LogP contribution is 2.29. The van der Waals surface area contributed by atoms with Crippen molar-refractivity contribution in [3.8, 4) is 5.69 Å². The molecule has 0 bridgehead atoms. The Morgan fingerprint density at radius 2 is 1.78 bits per heavy atom. The Hall–Kier alpha value is -3.98. The number of halogens is 1. The van der Waals surface area contributed by atoms with Crippen molar-refractivity contribution >= 4 is 29.3 Å². The standard InChI is InChI=1S/C27H24FN5O2S/c28-21-11-6-9-20(16-21)26(35)29-17-24-30-31-27(33(24)22-12-2-1-3-13-22)36-18-25(34)32-15-7-10-19-8-4-5-14-23(19)32/h1-6,8-9,11-14,16H,7,10,15,17-18H2,(H,29,35). The van der Waals surface area contributed by atoms with Crippen molar-refractivity contribution in [3.63, 3.8) is 0 Å². The first-order valence-corrected chi connectivity index (χ1v) is 12.6. The topological polar surface area (TPSA) is 80.1 Å². The zero-order valence-corrected chi connectivity index (χ0v) is 20.2. The summed E-state index contributed by atoms with van der Waals surface area (Å²) in [5.41, 5.74) is 3.20. The molecule has 0 atom stereocenters. The number of aryl methyl sites for hydroxylation is 1. The second-order valence-electron chi connectivity index (χ2n) is 8.33. The van der Waals surface area contributed by atoms with E-state index in [4.69, 9.17) is 0 Å². The van der Waals surface area contributed by atoms with Crippen LogP contribution in [0.4, 0.5) is 10.1 Å². The van der Waals surface area contributed by atoms with Crippen molar-refractivity contribution in [2.24, 2.45) is 0 Å². The molecule has 4 aromatic rings. The number of nitrogens with one attached hydrogen (secondary N) is 1. The number of thioether (sulfide) groups is 1. The summed E-state index contributed by atoms with van der Waals surface area (Å²) < 4.78 is 15.3. The second kappa shape index (κ2) is 10.7. The van der Waals surface area contributed by atoms with Crippen LogP contribution >= 0.6 is 11.8 Å². The van der Waals surface area contributed by atoms with Crippen LogP contribution in [-0.4, -0.2) is 38.9 Å². The molecule has 7 nitrogen and oxygen atoms in total. The van der Waals surface area contributed by atoms with Crippen LogP contribution in [0, 0.1) is 5.82 Å². The Balaban J connectivity index is 1.33. The van der Waals surface area contributed by atoms with Crippen LogP contribution in [0.1, 0.15) is 28.2 Å². The molecule has 0 aliphatic carbocycles. The highest BCUT2D eigenvalue weighted by atomic mass is 32.2. The molecule has 1 aliphatic rings. The van der Waals surface area contributed by atoms with Gasteiger partial charge in [0.2, 0.25) is 5.91 Å². The molecule has 0 unspecified atom stereocenters. The molecule has 2 amide bonds. The van der Waals surface area contributed by atoms with Gasteiger partial charge in [-0.3, -0.25) is 14.2 Å². The first kappa shape index (κ1) is 23.7. The monoisotopic (exact) mass is 501 g/mol. The first-order valence-electron chi connectivity index (χ1n) is 11.6. The number of carbonyl (C=O) groups is 2. The molecule has 9 heteroatoms. The van der Waals surface area contributed by atoms with E-state index in [-0.39, 0.29) is 23.8 Å². The van der Waals surface area contributed by atoms with Gasteiger partial charge in [0.25, 0.3) is 5.91 Å². The molecular formula is C27H24FN5O2S. The van der Waals surface area contributed by atoms with Gasteiger partial charge >= 0.3 is 0 Å². The van der Waals surface area contributed by atoms with E-state index in [1.807, 2.05) is 58.0 Å². The van der Waals surface area contributed by atoms with Crippen molar-refractivity contribution in [2.45, 2.75) is 24.5 Å². The average Bonchev–Trinajstić information content (AvgIpc) is 3.33. The maximum absolute atomic E-state index is 13.5. The van der Waals surface area contributed by atoms with Crippen LogP contribution in [0.15, 0.2) is 84.0 Å². The van der Waals surface area contributed by atoms with E-state index in [9.17, 15) is 14.0 Å². The molecule has 0 radical (unpaired) electrons. The maximum atomic E-state index is 13.5. The summed E-state index contributed by atoms with van der Waals surface area (Å²) in [6, 6.07) is 23.0. The predicted molar refractivity (Wildman–Crippen MR) is 137 cm³/mol. The van der Waals surface area contributed by atoms with Gasteiger partial charge in [-0.1, -0.05) is 54.2 Å². The van der Waals surface area contributed by atoms with Crippen LogP contribution in [0.5, 0.6) is 0 Å². The number of aromatic nitrogens is 3. The molecule has 5 rings (SSSR count). The Morgan fingerprint density at radius 1 is 0.972 bits per heavy atom. The summed E-state index contributed by atoms with van der Waals surface area (Å²) in [7, 11) is 0. The van der Waals surface area contributed by atoms with E-state index in [0.717, 1.165) is 24.2 Å². The smallest absolute Gasteiger partial charge is 0.251 e. The van der Waals surface area contributed by atoms with Crippen molar-refractivity contribution in [1.29, 1.82) is 0 Å². The highest BCUT2D eigenvalue weighted by molar-refractivity contribution is 7.99. The largest absolute Gasteiger partial charge is 0.345 e. The fourth-order valence-corrected chi connectivity index (χ4v) is 5.08. The zero-order chi connectivity index (χ0) is 24.9. The molecule has 1 aromatic heterocycles. The minimum atomic E-state index is -0.477. The van der Waals surface area contributed by atoms with E-state index in [1.54, 1.807) is 6.07 Å². The lowest BCUT2D eigenvalue weighted by Crippen LogP contribution is -2.36. The van der Waals surface area contributed by atoms with Crippen LogP contribution in [0.25, 0.3) is 5.69 Å². The third kappa shape index (κ3) is 5.16. The van der Waals surface area contributed by atoms with Gasteiger partial charge in [-0.05, 0) is 54.8 Å². The highest BCUT2D eigenvalue weighted by Gasteiger charge is 2.23. The van der Waals surface area contributed by atoms with Crippen molar-refractivity contribution in [2.75, 3.05) is 17.2 Å². The Kier molecular flexibility index (Phi) is 7.08. The summed E-state index contributed by atoms with van der Waals surface area (Å²) in [6.07, 6.45) is 1.91. The number of para-hydroxylation sites is 2. The summed E-state index contributed by atoms with van der Waals surface area (Å²) in [5.74, 6) is -0.172. The van der Waals surface area contributed by atoms with E-state index < -0.39 is 11.7 Å². The van der Waals surface area contributed by atoms with E-state index in [1.165, 1.54) is 35.5 Å². The van der Waals surface area contributed by atoms with Gasteiger partial charge in [-0.15, -0.1) is 10.2 Å². The van der Waals surface area contributed by atoms with Crippen molar-refractivity contribution < 1.29 is 14.0 Å². The summed E-state index contributed by atoms with van der Waals surface area (Å²) >= 11 is 1.31. The Labute approximate surface area is 212 Å². The zero-order valence-electron chi connectivity index (χ0n) is 19.4. The average molecular weight is 502 g/mol. The van der Waals surface area contributed by atoms with Crippen LogP contribution in [0.3, 0.4) is 0 Å². The van der Waals surface area contributed by atoms with Crippen molar-refractivity contribution in [1.82, 2.24) is 20.1 Å². The minimum absolute atomic E-state index is 0.00992. The number of nitrogens with zero attached hydrogens (tertiary/aromatic N) is 4. The molecule has 0 spiro atoms. The van der Waals surface area contributed by atoms with Gasteiger partial charge in [0.05, 0.1) is 12.3 Å². The van der Waals surface area contributed by atoms with E-state index in [0.29, 0.717) is 17.5 Å².